The Morgan fingerprint density at radius 3 is 2.50 bits per heavy atom. The summed E-state index contributed by atoms with van der Waals surface area (Å²) in [6.07, 6.45) is 5.41. The van der Waals surface area contributed by atoms with E-state index in [1.165, 1.54) is 0 Å². The Labute approximate surface area is 207 Å². The van der Waals surface area contributed by atoms with Gasteiger partial charge < -0.3 is 4.90 Å². The summed E-state index contributed by atoms with van der Waals surface area (Å²) in [5.41, 5.74) is 1.15. The van der Waals surface area contributed by atoms with Crippen molar-refractivity contribution in [2.24, 2.45) is 5.92 Å². The van der Waals surface area contributed by atoms with Gasteiger partial charge >= 0.3 is 0 Å². The van der Waals surface area contributed by atoms with Gasteiger partial charge in [0.15, 0.2) is 0 Å². The summed E-state index contributed by atoms with van der Waals surface area (Å²) in [4.78, 5) is 34.1. The lowest BCUT2D eigenvalue weighted by Gasteiger charge is -2.33. The normalized spacial score (nSPS) is 12.3. The highest BCUT2D eigenvalue weighted by Crippen LogP contribution is 2.28. The van der Waals surface area contributed by atoms with E-state index in [1.807, 2.05) is 35.2 Å². The minimum Gasteiger partial charge on any atom is -0.332 e. The molecule has 0 aliphatic rings. The third-order valence-corrected chi connectivity index (χ3v) is 6.32. The molecule has 6 heteroatoms. The van der Waals surface area contributed by atoms with Crippen LogP contribution in [0.25, 0.3) is 16.6 Å². The number of fused-ring (bicyclic) bond motifs is 1. The standard InChI is InChI=1S/C28H36ClN3O2/c1-5-7-8-11-17-31(26(33)18-20(3)4)25(6-2)27-30-24-16-10-9-15-23(24)28(34)32(27)22-14-12-13-21(29)19-22/h9-10,12-16,19-20,25H,5-8,11,17-18H2,1-4H3. The molecule has 0 saturated carbocycles. The minimum absolute atomic E-state index is 0.110. The number of halogens is 1. The van der Waals surface area contributed by atoms with Gasteiger partial charge in [0.1, 0.15) is 5.82 Å². The predicted octanol–water partition coefficient (Wildman–Crippen LogP) is 6.95. The number of para-hydroxylation sites is 1. The first-order valence-corrected chi connectivity index (χ1v) is 12.8. The molecule has 1 heterocycles. The highest BCUT2D eigenvalue weighted by atomic mass is 35.5. The summed E-state index contributed by atoms with van der Waals surface area (Å²) in [5, 5.41) is 1.09. The Morgan fingerprint density at radius 2 is 1.82 bits per heavy atom. The molecule has 0 saturated heterocycles. The fourth-order valence-electron chi connectivity index (χ4n) is 4.41. The summed E-state index contributed by atoms with van der Waals surface area (Å²) in [7, 11) is 0. The molecule has 0 N–H and O–H groups in total. The molecule has 3 aromatic rings. The van der Waals surface area contributed by atoms with Crippen LogP contribution in [-0.2, 0) is 4.79 Å². The van der Waals surface area contributed by atoms with E-state index in [0.717, 1.165) is 25.7 Å². The zero-order chi connectivity index (χ0) is 24.7. The molecule has 0 radical (unpaired) electrons. The first-order chi connectivity index (χ1) is 16.4. The van der Waals surface area contributed by atoms with Crippen molar-refractivity contribution in [3.05, 3.63) is 69.7 Å². The molecule has 1 unspecified atom stereocenters. The zero-order valence-electron chi connectivity index (χ0n) is 20.8. The summed E-state index contributed by atoms with van der Waals surface area (Å²) < 4.78 is 1.64. The third-order valence-electron chi connectivity index (χ3n) is 6.08. The van der Waals surface area contributed by atoms with E-state index in [2.05, 4.69) is 27.7 Å². The lowest BCUT2D eigenvalue weighted by atomic mass is 10.0. The Balaban J connectivity index is 2.19. The van der Waals surface area contributed by atoms with Gasteiger partial charge in [0.25, 0.3) is 5.56 Å². The summed E-state index contributed by atoms with van der Waals surface area (Å²) >= 11 is 6.30. The highest BCUT2D eigenvalue weighted by Gasteiger charge is 2.29. The molecular weight excluding hydrogens is 446 g/mol. The largest absolute Gasteiger partial charge is 0.332 e. The van der Waals surface area contributed by atoms with Crippen molar-refractivity contribution in [2.75, 3.05) is 6.54 Å². The van der Waals surface area contributed by atoms with Gasteiger partial charge in [-0.05, 0) is 49.1 Å². The molecule has 34 heavy (non-hydrogen) atoms. The maximum atomic E-state index is 13.7. The second-order valence-electron chi connectivity index (χ2n) is 9.28. The van der Waals surface area contributed by atoms with Crippen LogP contribution in [0.15, 0.2) is 53.3 Å². The molecule has 0 aliphatic carbocycles. The summed E-state index contributed by atoms with van der Waals surface area (Å²) in [5.74, 6) is 0.947. The van der Waals surface area contributed by atoms with Crippen LogP contribution in [0.3, 0.4) is 0 Å². The van der Waals surface area contributed by atoms with E-state index in [-0.39, 0.29) is 23.4 Å². The highest BCUT2D eigenvalue weighted by molar-refractivity contribution is 6.30. The molecule has 1 aromatic heterocycles. The van der Waals surface area contributed by atoms with Crippen molar-refractivity contribution < 1.29 is 4.79 Å². The van der Waals surface area contributed by atoms with E-state index >= 15 is 0 Å². The topological polar surface area (TPSA) is 55.2 Å². The SMILES string of the molecule is CCCCCCN(C(=O)CC(C)C)C(CC)c1nc2ccccc2c(=O)n1-c1cccc(Cl)c1. The number of unbranched alkanes of at least 4 members (excludes halogenated alkanes) is 3. The quantitative estimate of drug-likeness (QED) is 0.278. The number of hydrogen-bond acceptors (Lipinski definition) is 3. The van der Waals surface area contributed by atoms with Crippen LogP contribution in [0, 0.1) is 5.92 Å². The van der Waals surface area contributed by atoms with E-state index in [1.54, 1.807) is 22.8 Å². The summed E-state index contributed by atoms with van der Waals surface area (Å²) in [6.45, 7) is 9.01. The van der Waals surface area contributed by atoms with Crippen LogP contribution in [0.5, 0.6) is 0 Å². The molecule has 0 spiro atoms. The van der Waals surface area contributed by atoms with E-state index < -0.39 is 0 Å². The molecule has 182 valence electrons. The zero-order valence-corrected chi connectivity index (χ0v) is 21.5. The maximum Gasteiger partial charge on any atom is 0.266 e. The molecule has 1 amide bonds. The Kier molecular flexibility index (Phi) is 9.28. The van der Waals surface area contributed by atoms with Gasteiger partial charge in [-0.2, -0.15) is 0 Å². The van der Waals surface area contributed by atoms with Crippen molar-refractivity contribution in [3.8, 4) is 5.69 Å². The third kappa shape index (κ3) is 6.06. The molecular formula is C28H36ClN3O2. The van der Waals surface area contributed by atoms with Gasteiger partial charge in [-0.1, -0.05) is 76.8 Å². The smallest absolute Gasteiger partial charge is 0.266 e. The number of hydrogen-bond donors (Lipinski definition) is 0. The van der Waals surface area contributed by atoms with Crippen molar-refractivity contribution in [1.29, 1.82) is 0 Å². The van der Waals surface area contributed by atoms with Crippen LogP contribution in [0.2, 0.25) is 5.02 Å². The predicted molar refractivity (Wildman–Crippen MR) is 141 cm³/mol. The molecule has 0 aliphatic heterocycles. The Morgan fingerprint density at radius 1 is 1.06 bits per heavy atom. The number of nitrogens with zero attached hydrogens (tertiary/aromatic N) is 3. The van der Waals surface area contributed by atoms with Gasteiger partial charge in [0.05, 0.1) is 22.6 Å². The molecule has 2 aromatic carbocycles. The number of amides is 1. The van der Waals surface area contributed by atoms with E-state index in [4.69, 9.17) is 16.6 Å². The van der Waals surface area contributed by atoms with Crippen LogP contribution in [0.1, 0.15) is 78.1 Å². The monoisotopic (exact) mass is 481 g/mol. The molecule has 1 atom stereocenters. The fraction of sp³-hybridized carbons (Fsp3) is 0.464. The number of aromatic nitrogens is 2. The van der Waals surface area contributed by atoms with Crippen molar-refractivity contribution in [1.82, 2.24) is 14.5 Å². The van der Waals surface area contributed by atoms with Crippen molar-refractivity contribution in [3.63, 3.8) is 0 Å². The molecule has 3 rings (SSSR count). The lowest BCUT2D eigenvalue weighted by Crippen LogP contribution is -2.39. The van der Waals surface area contributed by atoms with Crippen LogP contribution in [-0.4, -0.2) is 26.9 Å². The van der Waals surface area contributed by atoms with Gasteiger partial charge in [-0.3, -0.25) is 14.2 Å². The lowest BCUT2D eigenvalue weighted by molar-refractivity contribution is -0.135. The van der Waals surface area contributed by atoms with Crippen LogP contribution < -0.4 is 5.56 Å². The average molecular weight is 482 g/mol. The fourth-order valence-corrected chi connectivity index (χ4v) is 4.59. The number of carbonyl (C=O) groups excluding carboxylic acids is 1. The van der Waals surface area contributed by atoms with Gasteiger partial charge in [-0.15, -0.1) is 0 Å². The van der Waals surface area contributed by atoms with Crippen LogP contribution in [0.4, 0.5) is 0 Å². The minimum atomic E-state index is -0.316. The van der Waals surface area contributed by atoms with Crippen molar-refractivity contribution >= 4 is 28.4 Å². The number of benzene rings is 2. The second-order valence-corrected chi connectivity index (χ2v) is 9.71. The first-order valence-electron chi connectivity index (χ1n) is 12.4. The summed E-state index contributed by atoms with van der Waals surface area (Å²) in [6, 6.07) is 14.3. The average Bonchev–Trinajstić information content (AvgIpc) is 2.80. The Bertz CT molecular complexity index is 1170. The Hall–Kier alpha value is -2.66. The number of rotatable bonds is 11. The maximum absolute atomic E-state index is 13.7. The first kappa shape index (κ1) is 26.0. The molecule has 0 fully saturated rings. The van der Waals surface area contributed by atoms with E-state index in [9.17, 15) is 9.59 Å². The second kappa shape index (κ2) is 12.2. The van der Waals surface area contributed by atoms with Gasteiger partial charge in [-0.25, -0.2) is 4.98 Å². The van der Waals surface area contributed by atoms with Gasteiger partial charge in [0, 0.05) is 18.0 Å². The molecule has 0 bridgehead atoms. The van der Waals surface area contributed by atoms with Gasteiger partial charge in [0.2, 0.25) is 5.91 Å². The molecule has 5 nitrogen and oxygen atoms in total. The van der Waals surface area contributed by atoms with E-state index in [0.29, 0.717) is 46.8 Å². The van der Waals surface area contributed by atoms with Crippen molar-refractivity contribution in [2.45, 2.75) is 72.3 Å². The van der Waals surface area contributed by atoms with Crippen LogP contribution >= 0.6 is 11.6 Å². The number of carbonyl (C=O) groups is 1.